The van der Waals surface area contributed by atoms with E-state index in [2.05, 4.69) is 25.8 Å². The summed E-state index contributed by atoms with van der Waals surface area (Å²) < 4.78 is 3.35. The maximum Gasteiger partial charge on any atom is 0.209 e. The molecule has 0 aliphatic rings. The van der Waals surface area contributed by atoms with Crippen molar-refractivity contribution in [1.29, 1.82) is 0 Å². The van der Waals surface area contributed by atoms with Crippen LogP contribution >= 0.6 is 11.8 Å². The van der Waals surface area contributed by atoms with Gasteiger partial charge in [-0.15, -0.1) is 10.2 Å². The minimum atomic E-state index is 0.518. The van der Waals surface area contributed by atoms with Crippen LogP contribution in [0, 0.1) is 0 Å². The van der Waals surface area contributed by atoms with Gasteiger partial charge in [0.05, 0.1) is 12.2 Å². The molecule has 0 aliphatic heterocycles. The van der Waals surface area contributed by atoms with Crippen molar-refractivity contribution in [3.8, 4) is 0 Å². The molecule has 0 saturated carbocycles. The van der Waals surface area contributed by atoms with Crippen molar-refractivity contribution in [2.75, 3.05) is 6.54 Å². The van der Waals surface area contributed by atoms with E-state index in [1.165, 1.54) is 11.8 Å². The van der Waals surface area contributed by atoms with E-state index in [0.717, 1.165) is 10.9 Å². The molecule has 0 fully saturated rings. The highest BCUT2D eigenvalue weighted by Gasteiger charge is 2.07. The fraction of sp³-hybridized carbons (Fsp3) is 0.571. The Kier molecular flexibility index (Phi) is 3.47. The van der Waals surface area contributed by atoms with Crippen molar-refractivity contribution in [2.24, 2.45) is 12.8 Å². The van der Waals surface area contributed by atoms with Gasteiger partial charge in [-0.3, -0.25) is 4.68 Å². The van der Waals surface area contributed by atoms with Gasteiger partial charge in [-0.2, -0.15) is 0 Å². The van der Waals surface area contributed by atoms with E-state index in [1.807, 2.05) is 13.2 Å². The van der Waals surface area contributed by atoms with Crippen LogP contribution in [-0.4, -0.2) is 41.7 Å². The average molecular weight is 240 g/mol. The molecule has 2 aromatic rings. The highest BCUT2D eigenvalue weighted by atomic mass is 32.2. The van der Waals surface area contributed by atoms with E-state index in [4.69, 9.17) is 5.73 Å². The van der Waals surface area contributed by atoms with E-state index in [9.17, 15) is 0 Å². The molecule has 0 atom stereocenters. The molecule has 2 heterocycles. The summed E-state index contributed by atoms with van der Waals surface area (Å²) in [6, 6.07) is 0. The molecule has 8 nitrogen and oxygen atoms in total. The summed E-state index contributed by atoms with van der Waals surface area (Å²) in [5.74, 6) is 0.693. The van der Waals surface area contributed by atoms with E-state index < -0.39 is 0 Å². The van der Waals surface area contributed by atoms with Gasteiger partial charge in [0, 0.05) is 25.5 Å². The zero-order valence-electron chi connectivity index (χ0n) is 8.81. The molecule has 2 rings (SSSR count). The molecule has 86 valence electrons. The standard InChI is InChI=1S/C7H12N8S/c1-14-4-6(9-12-14)5-16-7-10-11-13-15(7)3-2-8/h4H,2-3,5,8H2,1H3. The highest BCUT2D eigenvalue weighted by Crippen LogP contribution is 2.17. The van der Waals surface area contributed by atoms with Crippen molar-refractivity contribution < 1.29 is 0 Å². The van der Waals surface area contributed by atoms with Crippen molar-refractivity contribution in [3.05, 3.63) is 11.9 Å². The van der Waals surface area contributed by atoms with Crippen LogP contribution in [0.15, 0.2) is 11.4 Å². The zero-order chi connectivity index (χ0) is 11.4. The van der Waals surface area contributed by atoms with Crippen LogP contribution < -0.4 is 5.73 Å². The molecule has 0 aliphatic carbocycles. The first kappa shape index (κ1) is 11.0. The number of thioether (sulfide) groups is 1. The van der Waals surface area contributed by atoms with E-state index in [0.29, 0.717) is 18.8 Å². The smallest absolute Gasteiger partial charge is 0.209 e. The third-order valence-corrected chi connectivity index (χ3v) is 2.83. The zero-order valence-corrected chi connectivity index (χ0v) is 9.63. The number of aromatic nitrogens is 7. The number of rotatable bonds is 5. The second-order valence-corrected chi connectivity index (χ2v) is 4.09. The topological polar surface area (TPSA) is 100 Å². The minimum Gasteiger partial charge on any atom is -0.329 e. The molecule has 16 heavy (non-hydrogen) atoms. The normalized spacial score (nSPS) is 10.9. The molecule has 0 unspecified atom stereocenters. The number of nitrogens with two attached hydrogens (primary N) is 1. The first-order valence-corrected chi connectivity index (χ1v) is 5.72. The van der Waals surface area contributed by atoms with Crippen molar-refractivity contribution in [1.82, 2.24) is 35.2 Å². The lowest BCUT2D eigenvalue weighted by atomic mass is 10.6. The highest BCUT2D eigenvalue weighted by molar-refractivity contribution is 7.98. The molecule has 0 saturated heterocycles. The van der Waals surface area contributed by atoms with Gasteiger partial charge in [-0.1, -0.05) is 17.0 Å². The Morgan fingerprint density at radius 1 is 1.38 bits per heavy atom. The lowest BCUT2D eigenvalue weighted by Crippen LogP contribution is -2.12. The lowest BCUT2D eigenvalue weighted by molar-refractivity contribution is 0.557. The number of aryl methyl sites for hydroxylation is 1. The molecule has 0 spiro atoms. The molecular weight excluding hydrogens is 228 g/mol. The number of nitrogens with zero attached hydrogens (tertiary/aromatic N) is 7. The van der Waals surface area contributed by atoms with Crippen LogP contribution in [-0.2, 0) is 19.3 Å². The Balaban J connectivity index is 1.96. The van der Waals surface area contributed by atoms with E-state index in [1.54, 1.807) is 9.36 Å². The Morgan fingerprint density at radius 3 is 2.94 bits per heavy atom. The number of tetrazole rings is 1. The van der Waals surface area contributed by atoms with Gasteiger partial charge in [-0.25, -0.2) is 4.68 Å². The number of hydrogen-bond acceptors (Lipinski definition) is 7. The van der Waals surface area contributed by atoms with Gasteiger partial charge in [0.2, 0.25) is 5.16 Å². The van der Waals surface area contributed by atoms with Crippen LogP contribution in [0.3, 0.4) is 0 Å². The predicted octanol–water partition coefficient (Wildman–Crippen LogP) is -0.947. The summed E-state index contributed by atoms with van der Waals surface area (Å²) in [6.45, 7) is 1.14. The maximum atomic E-state index is 5.45. The summed E-state index contributed by atoms with van der Waals surface area (Å²) in [5, 5.41) is 19.9. The number of hydrogen-bond donors (Lipinski definition) is 1. The van der Waals surface area contributed by atoms with Crippen molar-refractivity contribution >= 4 is 11.8 Å². The Morgan fingerprint density at radius 2 is 2.25 bits per heavy atom. The van der Waals surface area contributed by atoms with Crippen LogP contribution in [0.1, 0.15) is 5.69 Å². The quantitative estimate of drug-likeness (QED) is 0.672. The largest absolute Gasteiger partial charge is 0.329 e. The molecule has 0 amide bonds. The SMILES string of the molecule is Cn1cc(CSc2nnnn2CCN)nn1. The van der Waals surface area contributed by atoms with Gasteiger partial charge in [0.1, 0.15) is 0 Å². The Bertz CT molecular complexity index is 449. The lowest BCUT2D eigenvalue weighted by Gasteiger charge is -2.00. The third-order valence-electron chi connectivity index (χ3n) is 1.84. The van der Waals surface area contributed by atoms with Gasteiger partial charge in [0.25, 0.3) is 0 Å². The summed E-state index contributed by atoms with van der Waals surface area (Å²) in [4.78, 5) is 0. The van der Waals surface area contributed by atoms with Crippen LogP contribution in [0.25, 0.3) is 0 Å². The molecule has 9 heteroatoms. The Hall–Kier alpha value is -1.48. The first-order valence-electron chi connectivity index (χ1n) is 4.74. The summed E-state index contributed by atoms with van der Waals surface area (Å²) in [6.07, 6.45) is 1.87. The maximum absolute atomic E-state index is 5.45. The third kappa shape index (κ3) is 2.55. The van der Waals surface area contributed by atoms with E-state index in [-0.39, 0.29) is 0 Å². The van der Waals surface area contributed by atoms with Crippen LogP contribution in [0.2, 0.25) is 0 Å². The molecule has 0 aromatic carbocycles. The van der Waals surface area contributed by atoms with Gasteiger partial charge in [-0.05, 0) is 10.4 Å². The molecule has 0 radical (unpaired) electrons. The summed E-state index contributed by atoms with van der Waals surface area (Å²) in [5.41, 5.74) is 6.35. The van der Waals surface area contributed by atoms with Crippen molar-refractivity contribution in [2.45, 2.75) is 17.5 Å². The Labute approximate surface area is 96.2 Å². The monoisotopic (exact) mass is 240 g/mol. The fourth-order valence-corrected chi connectivity index (χ4v) is 1.94. The fourth-order valence-electron chi connectivity index (χ4n) is 1.16. The minimum absolute atomic E-state index is 0.518. The van der Waals surface area contributed by atoms with E-state index >= 15 is 0 Å². The summed E-state index contributed by atoms with van der Waals surface area (Å²) in [7, 11) is 1.83. The van der Waals surface area contributed by atoms with Gasteiger partial charge in [0.15, 0.2) is 0 Å². The van der Waals surface area contributed by atoms with Gasteiger partial charge < -0.3 is 5.73 Å². The van der Waals surface area contributed by atoms with Crippen molar-refractivity contribution in [3.63, 3.8) is 0 Å². The second kappa shape index (κ2) is 5.03. The summed E-state index contributed by atoms with van der Waals surface area (Å²) >= 11 is 1.52. The molecule has 2 aromatic heterocycles. The van der Waals surface area contributed by atoms with Gasteiger partial charge >= 0.3 is 0 Å². The van der Waals surface area contributed by atoms with Crippen LogP contribution in [0.4, 0.5) is 0 Å². The molecular formula is C7H12N8S. The first-order chi connectivity index (χ1) is 7.79. The molecule has 2 N–H and O–H groups in total. The average Bonchev–Trinajstić information content (AvgIpc) is 2.85. The predicted molar refractivity (Wildman–Crippen MR) is 57.4 cm³/mol. The molecule has 0 bridgehead atoms. The second-order valence-electron chi connectivity index (χ2n) is 3.15. The van der Waals surface area contributed by atoms with Crippen LogP contribution in [0.5, 0.6) is 0 Å².